The van der Waals surface area contributed by atoms with E-state index >= 15 is 0 Å². The van der Waals surface area contributed by atoms with Gasteiger partial charge in [0, 0.05) is 13.8 Å². The van der Waals surface area contributed by atoms with Crippen LogP contribution < -0.4 is 15.6 Å². The van der Waals surface area contributed by atoms with Crippen LogP contribution in [-0.4, -0.2) is 32.2 Å². The molecule has 2 atom stereocenters. The third-order valence-corrected chi connectivity index (χ3v) is 12.1. The van der Waals surface area contributed by atoms with Crippen LogP contribution in [-0.2, 0) is 19.1 Å². The van der Waals surface area contributed by atoms with Crippen LogP contribution >= 0.6 is 0 Å². The van der Waals surface area contributed by atoms with E-state index in [-0.39, 0.29) is 18.0 Å². The molecule has 5 heteroatoms. The molecule has 0 spiro atoms. The molecular formula is C30H32O4Si. The van der Waals surface area contributed by atoms with E-state index in [4.69, 9.17) is 9.47 Å². The summed E-state index contributed by atoms with van der Waals surface area (Å²) in [7, 11) is -2.94. The van der Waals surface area contributed by atoms with Crippen molar-refractivity contribution < 1.29 is 19.1 Å². The van der Waals surface area contributed by atoms with Gasteiger partial charge in [0.2, 0.25) is 0 Å². The zero-order valence-corrected chi connectivity index (χ0v) is 21.8. The lowest BCUT2D eigenvalue weighted by Crippen LogP contribution is -2.72. The topological polar surface area (TPSA) is 52.6 Å². The Labute approximate surface area is 208 Å². The summed E-state index contributed by atoms with van der Waals surface area (Å²) in [4.78, 5) is 24.2. The zero-order chi connectivity index (χ0) is 25.0. The van der Waals surface area contributed by atoms with Gasteiger partial charge in [0.25, 0.3) is 0 Å². The fourth-order valence-electron chi connectivity index (χ4n) is 5.47. The van der Waals surface area contributed by atoms with Gasteiger partial charge in [0.05, 0.1) is 0 Å². The monoisotopic (exact) mass is 484 g/mol. The molecule has 35 heavy (non-hydrogen) atoms. The molecule has 0 N–H and O–H groups in total. The highest BCUT2D eigenvalue weighted by Crippen LogP contribution is 2.32. The second kappa shape index (κ2) is 10.4. The van der Waals surface area contributed by atoms with Crippen molar-refractivity contribution in [1.82, 2.24) is 0 Å². The summed E-state index contributed by atoms with van der Waals surface area (Å²) in [5.41, 5.74) is 2.37. The quantitative estimate of drug-likeness (QED) is 0.303. The summed E-state index contributed by atoms with van der Waals surface area (Å²) >= 11 is 0. The fourth-order valence-corrected chi connectivity index (χ4v) is 11.2. The number of ether oxygens (including phenoxy) is 2. The number of rotatable bonds is 6. The van der Waals surface area contributed by atoms with Gasteiger partial charge in [0.1, 0.15) is 12.2 Å². The molecule has 3 aromatic rings. The molecule has 0 aliphatic heterocycles. The minimum Gasteiger partial charge on any atom is -0.458 e. The van der Waals surface area contributed by atoms with E-state index in [0.29, 0.717) is 12.8 Å². The standard InChI is InChI=1S/C30H32O4Si/c1-21-12-8-10-16-28(21)35(26-14-6-5-7-15-26,29-17-11-9-13-22(29)2)30-20-25(33-23(3)31)18-19-27(30)34-24(4)32/h5-17,20,25,27H,18-19H2,1-4H3. The summed E-state index contributed by atoms with van der Waals surface area (Å²) < 4.78 is 11.7. The number of carbonyl (C=O) groups excluding carboxylic acids is 2. The summed E-state index contributed by atoms with van der Waals surface area (Å²) in [5, 5.41) is 4.75. The third kappa shape index (κ3) is 4.87. The Balaban J connectivity index is 2.14. The van der Waals surface area contributed by atoms with E-state index in [1.54, 1.807) is 0 Å². The zero-order valence-electron chi connectivity index (χ0n) is 20.8. The van der Waals surface area contributed by atoms with Crippen LogP contribution in [0.5, 0.6) is 0 Å². The largest absolute Gasteiger partial charge is 0.458 e. The summed E-state index contributed by atoms with van der Waals surface area (Å²) in [5.74, 6) is -0.618. The van der Waals surface area contributed by atoms with Gasteiger partial charge in [-0.25, -0.2) is 0 Å². The fraction of sp³-hybridized carbons (Fsp3) is 0.267. The third-order valence-electron chi connectivity index (χ3n) is 6.79. The number of hydrogen-bond donors (Lipinski definition) is 0. The van der Waals surface area contributed by atoms with Crippen molar-refractivity contribution in [2.75, 3.05) is 0 Å². The van der Waals surface area contributed by atoms with Crippen LogP contribution in [0.1, 0.15) is 37.8 Å². The number of carbonyl (C=O) groups is 2. The number of aryl methyl sites for hydroxylation is 2. The highest BCUT2D eigenvalue weighted by atomic mass is 28.3. The predicted octanol–water partition coefficient (Wildman–Crippen LogP) is 3.90. The molecule has 4 nitrogen and oxygen atoms in total. The van der Waals surface area contributed by atoms with Gasteiger partial charge >= 0.3 is 11.9 Å². The Morgan fingerprint density at radius 3 is 1.74 bits per heavy atom. The number of benzene rings is 3. The maximum absolute atomic E-state index is 12.3. The molecule has 0 aromatic heterocycles. The molecule has 0 amide bonds. The second-order valence-electron chi connectivity index (χ2n) is 9.19. The van der Waals surface area contributed by atoms with E-state index < -0.39 is 14.2 Å². The molecule has 0 saturated carbocycles. The lowest BCUT2D eigenvalue weighted by molar-refractivity contribution is -0.149. The van der Waals surface area contributed by atoms with Gasteiger partial charge in [-0.1, -0.05) is 90.0 Å². The Bertz CT molecular complexity index is 1200. The Morgan fingerprint density at radius 1 is 0.714 bits per heavy atom. The van der Waals surface area contributed by atoms with Crippen molar-refractivity contribution in [2.24, 2.45) is 0 Å². The van der Waals surface area contributed by atoms with Crippen LogP contribution in [0, 0.1) is 13.8 Å². The maximum atomic E-state index is 12.3. The summed E-state index contributed by atoms with van der Waals surface area (Å²) in [6.07, 6.45) is 2.53. The molecule has 180 valence electrons. The normalized spacial score (nSPS) is 17.9. The van der Waals surface area contributed by atoms with Crippen molar-refractivity contribution in [3.63, 3.8) is 0 Å². The minimum absolute atomic E-state index is 0.308. The molecular weight excluding hydrogens is 452 g/mol. The Morgan fingerprint density at radius 2 is 1.23 bits per heavy atom. The van der Waals surface area contributed by atoms with Gasteiger partial charge in [-0.2, -0.15) is 0 Å². The van der Waals surface area contributed by atoms with Gasteiger partial charge in [-0.3, -0.25) is 9.59 Å². The van der Waals surface area contributed by atoms with Crippen molar-refractivity contribution in [3.8, 4) is 0 Å². The summed E-state index contributed by atoms with van der Waals surface area (Å²) in [6.45, 7) is 7.19. The highest BCUT2D eigenvalue weighted by molar-refractivity contribution is 7.16. The minimum atomic E-state index is -2.94. The number of hydrogen-bond acceptors (Lipinski definition) is 4. The first-order valence-corrected chi connectivity index (χ1v) is 14.1. The molecule has 2 unspecified atom stereocenters. The van der Waals surface area contributed by atoms with E-state index in [9.17, 15) is 9.59 Å². The Hall–Kier alpha value is -3.44. The SMILES string of the molecule is CC(=O)OC1C=C([Si](c2ccccc2)(c2ccccc2C)c2ccccc2C)C(OC(C)=O)CC1. The highest BCUT2D eigenvalue weighted by Gasteiger charge is 2.49. The van der Waals surface area contributed by atoms with Crippen LogP contribution in [0.2, 0.25) is 0 Å². The predicted molar refractivity (Wildman–Crippen MR) is 142 cm³/mol. The van der Waals surface area contributed by atoms with Crippen LogP contribution in [0.25, 0.3) is 0 Å². The lowest BCUT2D eigenvalue weighted by atomic mass is 10.0. The average molecular weight is 485 g/mol. The lowest BCUT2D eigenvalue weighted by Gasteiger charge is -2.43. The Kier molecular flexibility index (Phi) is 7.36. The van der Waals surface area contributed by atoms with Crippen molar-refractivity contribution in [1.29, 1.82) is 0 Å². The first kappa shape index (κ1) is 24.7. The molecule has 0 saturated heterocycles. The van der Waals surface area contributed by atoms with Crippen LogP contribution in [0.3, 0.4) is 0 Å². The van der Waals surface area contributed by atoms with E-state index in [2.05, 4.69) is 92.7 Å². The molecule has 0 heterocycles. The van der Waals surface area contributed by atoms with E-state index in [0.717, 1.165) is 5.20 Å². The molecule has 0 bridgehead atoms. The number of esters is 2. The molecule has 1 aliphatic carbocycles. The molecule has 1 aliphatic rings. The van der Waals surface area contributed by atoms with Gasteiger partial charge in [-0.05, 0) is 53.5 Å². The molecule has 0 fully saturated rings. The van der Waals surface area contributed by atoms with Gasteiger partial charge in [0.15, 0.2) is 8.07 Å². The summed E-state index contributed by atoms with van der Waals surface area (Å²) in [6, 6.07) is 27.5. The average Bonchev–Trinajstić information content (AvgIpc) is 2.83. The first-order valence-electron chi connectivity index (χ1n) is 12.1. The van der Waals surface area contributed by atoms with Gasteiger partial charge < -0.3 is 9.47 Å². The van der Waals surface area contributed by atoms with Crippen LogP contribution in [0.4, 0.5) is 0 Å². The van der Waals surface area contributed by atoms with Crippen LogP contribution in [0.15, 0.2) is 90.1 Å². The smallest absolute Gasteiger partial charge is 0.303 e. The van der Waals surface area contributed by atoms with Crippen molar-refractivity contribution >= 4 is 35.6 Å². The second-order valence-corrected chi connectivity index (χ2v) is 12.9. The van der Waals surface area contributed by atoms with Crippen molar-refractivity contribution in [3.05, 3.63) is 101 Å². The molecule has 4 rings (SSSR count). The van der Waals surface area contributed by atoms with Crippen molar-refractivity contribution in [2.45, 2.75) is 52.7 Å². The molecule has 0 radical (unpaired) electrons. The van der Waals surface area contributed by atoms with E-state index in [1.807, 2.05) is 6.07 Å². The molecule has 3 aromatic carbocycles. The first-order chi connectivity index (χ1) is 16.8. The van der Waals surface area contributed by atoms with E-state index in [1.165, 1.54) is 40.5 Å². The maximum Gasteiger partial charge on any atom is 0.303 e. The van der Waals surface area contributed by atoms with Gasteiger partial charge in [-0.15, -0.1) is 0 Å².